The Morgan fingerprint density at radius 1 is 1.45 bits per heavy atom. The second-order valence-electron chi connectivity index (χ2n) is 4.54. The van der Waals surface area contributed by atoms with E-state index in [0.717, 1.165) is 10.0 Å². The Labute approximate surface area is 126 Å². The Morgan fingerprint density at radius 3 is 2.65 bits per heavy atom. The second kappa shape index (κ2) is 6.09. The molecule has 0 saturated carbocycles. The normalized spacial score (nSPS) is 12.2. The van der Waals surface area contributed by atoms with Crippen molar-refractivity contribution in [2.45, 2.75) is 26.4 Å². The number of halogens is 1. The van der Waals surface area contributed by atoms with E-state index in [-0.39, 0.29) is 17.6 Å². The summed E-state index contributed by atoms with van der Waals surface area (Å²) >= 11 is 3.39. The van der Waals surface area contributed by atoms with Crippen molar-refractivity contribution in [1.29, 1.82) is 0 Å². The Balaban J connectivity index is 2.10. The summed E-state index contributed by atoms with van der Waals surface area (Å²) < 4.78 is 2.65. The van der Waals surface area contributed by atoms with E-state index >= 15 is 0 Å². The van der Waals surface area contributed by atoms with Crippen molar-refractivity contribution in [2.75, 3.05) is 5.73 Å². The molecule has 0 radical (unpaired) electrons. The molecule has 0 aliphatic carbocycles. The van der Waals surface area contributed by atoms with Crippen molar-refractivity contribution in [3.63, 3.8) is 0 Å². The molecular weight excluding hydrogens is 320 g/mol. The van der Waals surface area contributed by atoms with Gasteiger partial charge >= 0.3 is 0 Å². The molecule has 2 rings (SSSR count). The van der Waals surface area contributed by atoms with Crippen LogP contribution in [0.25, 0.3) is 0 Å². The van der Waals surface area contributed by atoms with Gasteiger partial charge in [0.05, 0.1) is 11.7 Å². The van der Waals surface area contributed by atoms with Crippen molar-refractivity contribution in [3.8, 4) is 0 Å². The van der Waals surface area contributed by atoms with Gasteiger partial charge in [-0.15, -0.1) is 0 Å². The van der Waals surface area contributed by atoms with E-state index in [0.29, 0.717) is 12.2 Å². The molecule has 2 aromatic rings. The average Bonchev–Trinajstić information content (AvgIpc) is 2.80. The van der Waals surface area contributed by atoms with Gasteiger partial charge in [-0.3, -0.25) is 9.48 Å². The van der Waals surface area contributed by atoms with Crippen LogP contribution in [-0.2, 0) is 6.54 Å². The van der Waals surface area contributed by atoms with E-state index in [9.17, 15) is 4.79 Å². The Hall–Kier alpha value is -1.82. The van der Waals surface area contributed by atoms with Gasteiger partial charge in [0, 0.05) is 17.2 Å². The predicted molar refractivity (Wildman–Crippen MR) is 82.3 cm³/mol. The number of anilines is 1. The number of nitrogens with two attached hydrogens (primary N) is 1. The summed E-state index contributed by atoms with van der Waals surface area (Å²) in [6.07, 6.45) is 1.67. The van der Waals surface area contributed by atoms with Crippen molar-refractivity contribution in [3.05, 3.63) is 46.2 Å². The Bertz CT molecular complexity index is 606. The quantitative estimate of drug-likeness (QED) is 0.901. The van der Waals surface area contributed by atoms with Crippen LogP contribution in [0, 0.1) is 0 Å². The minimum atomic E-state index is -0.259. The maximum atomic E-state index is 12.2. The summed E-state index contributed by atoms with van der Waals surface area (Å²) in [7, 11) is 0. The van der Waals surface area contributed by atoms with Crippen molar-refractivity contribution < 1.29 is 4.79 Å². The number of rotatable bonds is 4. The average molecular weight is 337 g/mol. The third-order valence-corrected chi connectivity index (χ3v) is 3.58. The van der Waals surface area contributed by atoms with E-state index < -0.39 is 0 Å². The van der Waals surface area contributed by atoms with E-state index in [2.05, 4.69) is 26.3 Å². The van der Waals surface area contributed by atoms with Crippen molar-refractivity contribution >= 4 is 27.5 Å². The molecule has 0 spiro atoms. The first-order chi connectivity index (χ1) is 9.51. The summed E-state index contributed by atoms with van der Waals surface area (Å²) in [5.41, 5.74) is 7.49. The standard InChI is InChI=1S/C14H17BrN4O/c1-3-19-8-12(16)13(18-19)14(20)17-9(2)10-4-6-11(15)7-5-10/h4-9H,3,16H2,1-2H3,(H,17,20)/t9-/m1/s1. The number of nitrogens with zero attached hydrogens (tertiary/aromatic N) is 2. The van der Waals surface area contributed by atoms with Crippen molar-refractivity contribution in [1.82, 2.24) is 15.1 Å². The zero-order valence-corrected chi connectivity index (χ0v) is 13.0. The number of benzene rings is 1. The third kappa shape index (κ3) is 3.19. The van der Waals surface area contributed by atoms with Gasteiger partial charge in [-0.05, 0) is 31.5 Å². The zero-order valence-electron chi connectivity index (χ0n) is 11.4. The van der Waals surface area contributed by atoms with Crippen LogP contribution in [0.2, 0.25) is 0 Å². The first-order valence-corrected chi connectivity index (χ1v) is 7.19. The molecule has 0 unspecified atom stereocenters. The van der Waals surface area contributed by atoms with Gasteiger partial charge in [0.25, 0.3) is 5.91 Å². The highest BCUT2D eigenvalue weighted by Gasteiger charge is 2.17. The van der Waals surface area contributed by atoms with Gasteiger partial charge in [0.15, 0.2) is 5.69 Å². The Morgan fingerprint density at radius 2 is 2.10 bits per heavy atom. The van der Waals surface area contributed by atoms with E-state index in [4.69, 9.17) is 5.73 Å². The number of nitrogen functional groups attached to an aromatic ring is 1. The second-order valence-corrected chi connectivity index (χ2v) is 5.45. The lowest BCUT2D eigenvalue weighted by Crippen LogP contribution is -2.27. The van der Waals surface area contributed by atoms with Crippen LogP contribution < -0.4 is 11.1 Å². The number of nitrogens with one attached hydrogen (secondary N) is 1. The van der Waals surface area contributed by atoms with Gasteiger partial charge < -0.3 is 11.1 Å². The highest BCUT2D eigenvalue weighted by Crippen LogP contribution is 2.17. The fraction of sp³-hybridized carbons (Fsp3) is 0.286. The van der Waals surface area contributed by atoms with Gasteiger partial charge in [0.1, 0.15) is 0 Å². The van der Waals surface area contributed by atoms with Crippen LogP contribution in [0.5, 0.6) is 0 Å². The monoisotopic (exact) mass is 336 g/mol. The van der Waals surface area contributed by atoms with Crippen LogP contribution in [0.3, 0.4) is 0 Å². The van der Waals surface area contributed by atoms with Crippen LogP contribution in [0.4, 0.5) is 5.69 Å². The van der Waals surface area contributed by atoms with E-state index in [1.807, 2.05) is 38.1 Å². The van der Waals surface area contributed by atoms with E-state index in [1.165, 1.54) is 0 Å². The lowest BCUT2D eigenvalue weighted by molar-refractivity contribution is 0.0935. The highest BCUT2D eigenvalue weighted by atomic mass is 79.9. The molecule has 1 aromatic carbocycles. The van der Waals surface area contributed by atoms with Gasteiger partial charge in [-0.2, -0.15) is 5.10 Å². The van der Waals surface area contributed by atoms with Gasteiger partial charge in [0.2, 0.25) is 0 Å². The predicted octanol–water partition coefficient (Wildman–Crippen LogP) is 2.74. The molecule has 6 heteroatoms. The van der Waals surface area contributed by atoms with Gasteiger partial charge in [-0.1, -0.05) is 28.1 Å². The fourth-order valence-electron chi connectivity index (χ4n) is 1.88. The lowest BCUT2D eigenvalue weighted by atomic mass is 10.1. The molecule has 0 aliphatic heterocycles. The smallest absolute Gasteiger partial charge is 0.274 e. The molecule has 0 saturated heterocycles. The van der Waals surface area contributed by atoms with Crippen molar-refractivity contribution in [2.24, 2.45) is 0 Å². The largest absolute Gasteiger partial charge is 0.396 e. The maximum absolute atomic E-state index is 12.2. The van der Waals surface area contributed by atoms with Crippen LogP contribution in [0.15, 0.2) is 34.9 Å². The highest BCUT2D eigenvalue weighted by molar-refractivity contribution is 9.10. The molecule has 1 amide bonds. The lowest BCUT2D eigenvalue weighted by Gasteiger charge is -2.13. The van der Waals surface area contributed by atoms with Crippen LogP contribution in [0.1, 0.15) is 35.9 Å². The molecule has 0 fully saturated rings. The molecule has 3 N–H and O–H groups in total. The number of aryl methyl sites for hydroxylation is 1. The maximum Gasteiger partial charge on any atom is 0.274 e. The molecule has 1 heterocycles. The first kappa shape index (κ1) is 14.6. The molecule has 106 valence electrons. The SMILES string of the molecule is CCn1cc(N)c(C(=O)N[C@H](C)c2ccc(Br)cc2)n1. The molecule has 20 heavy (non-hydrogen) atoms. The fourth-order valence-corrected chi connectivity index (χ4v) is 2.14. The van der Waals surface area contributed by atoms with Crippen LogP contribution in [-0.4, -0.2) is 15.7 Å². The minimum absolute atomic E-state index is 0.109. The Kier molecular flexibility index (Phi) is 4.44. The van der Waals surface area contributed by atoms with E-state index in [1.54, 1.807) is 10.9 Å². The van der Waals surface area contributed by atoms with Crippen LogP contribution >= 0.6 is 15.9 Å². The topological polar surface area (TPSA) is 72.9 Å². The summed E-state index contributed by atoms with van der Waals surface area (Å²) in [5, 5.41) is 7.06. The summed E-state index contributed by atoms with van der Waals surface area (Å²) in [6.45, 7) is 4.55. The third-order valence-electron chi connectivity index (χ3n) is 3.05. The number of amides is 1. The number of hydrogen-bond acceptors (Lipinski definition) is 3. The molecule has 1 aromatic heterocycles. The number of hydrogen-bond donors (Lipinski definition) is 2. The minimum Gasteiger partial charge on any atom is -0.396 e. The summed E-state index contributed by atoms with van der Waals surface area (Å²) in [5.74, 6) is -0.259. The number of carbonyl (C=O) groups excluding carboxylic acids is 1. The molecule has 1 atom stereocenters. The summed E-state index contributed by atoms with van der Waals surface area (Å²) in [6, 6.07) is 7.70. The molecular formula is C14H17BrN4O. The molecule has 0 bridgehead atoms. The zero-order chi connectivity index (χ0) is 14.7. The van der Waals surface area contributed by atoms with Gasteiger partial charge in [-0.25, -0.2) is 0 Å². The summed E-state index contributed by atoms with van der Waals surface area (Å²) in [4.78, 5) is 12.2. The first-order valence-electron chi connectivity index (χ1n) is 6.40. The molecule has 0 aliphatic rings. The molecule has 5 nitrogen and oxygen atoms in total. The number of aromatic nitrogens is 2. The number of carbonyl (C=O) groups is 1.